The number of thiophene rings is 1. The molecule has 0 bridgehead atoms. The zero-order chi connectivity index (χ0) is 18.3. The molecule has 0 spiro atoms. The largest absolute Gasteiger partial charge is 0.351 e. The molecular weight excluding hydrogens is 362 g/mol. The van der Waals surface area contributed by atoms with Crippen molar-refractivity contribution in [2.45, 2.75) is 18.2 Å². The average molecular weight is 381 g/mol. The lowest BCUT2D eigenvalue weighted by Crippen LogP contribution is -2.40. The van der Waals surface area contributed by atoms with E-state index in [0.29, 0.717) is 17.8 Å². The van der Waals surface area contributed by atoms with Crippen LogP contribution in [0.1, 0.15) is 21.7 Å². The zero-order valence-electron chi connectivity index (χ0n) is 13.6. The Morgan fingerprint density at radius 2 is 1.72 bits per heavy atom. The Kier molecular flexibility index (Phi) is 6.54. The van der Waals surface area contributed by atoms with Gasteiger partial charge >= 0.3 is 6.03 Å². The van der Waals surface area contributed by atoms with E-state index in [9.17, 15) is 18.0 Å². The molecule has 9 heteroatoms. The lowest BCUT2D eigenvalue weighted by atomic mass is 10.2. The van der Waals surface area contributed by atoms with Gasteiger partial charge in [0.2, 0.25) is 0 Å². The Hall–Kier alpha value is -2.39. The summed E-state index contributed by atoms with van der Waals surface area (Å²) in [6, 6.07) is 8.90. The van der Waals surface area contributed by atoms with Crippen LogP contribution in [0.5, 0.6) is 0 Å². The molecule has 0 saturated heterocycles. The molecule has 0 fully saturated rings. The minimum absolute atomic E-state index is 0.0245. The van der Waals surface area contributed by atoms with Crippen molar-refractivity contribution in [3.8, 4) is 0 Å². The number of amides is 3. The summed E-state index contributed by atoms with van der Waals surface area (Å²) in [5.74, 6) is -0.165. The van der Waals surface area contributed by atoms with Gasteiger partial charge in [-0.25, -0.2) is 17.9 Å². The van der Waals surface area contributed by atoms with Crippen molar-refractivity contribution in [3.05, 3.63) is 52.2 Å². The van der Waals surface area contributed by atoms with Crippen LogP contribution in [-0.4, -0.2) is 33.4 Å². The molecule has 134 valence electrons. The first-order valence-corrected chi connectivity index (χ1v) is 9.94. The summed E-state index contributed by atoms with van der Waals surface area (Å²) in [7, 11) is -3.89. The summed E-state index contributed by atoms with van der Waals surface area (Å²) in [6.07, 6.45) is 0.481. The van der Waals surface area contributed by atoms with Crippen molar-refractivity contribution in [1.29, 1.82) is 0 Å². The fourth-order valence-corrected chi connectivity index (χ4v) is 3.49. The van der Waals surface area contributed by atoms with Crippen LogP contribution in [0.25, 0.3) is 0 Å². The van der Waals surface area contributed by atoms with Crippen LogP contribution in [0, 0.1) is 6.92 Å². The van der Waals surface area contributed by atoms with Gasteiger partial charge in [-0.2, -0.15) is 0 Å². The highest BCUT2D eigenvalue weighted by Gasteiger charge is 2.16. The van der Waals surface area contributed by atoms with Crippen LogP contribution in [0.15, 0.2) is 46.7 Å². The van der Waals surface area contributed by atoms with Gasteiger partial charge in [-0.1, -0.05) is 23.8 Å². The molecule has 2 rings (SSSR count). The molecule has 0 unspecified atom stereocenters. The Balaban J connectivity index is 1.70. The van der Waals surface area contributed by atoms with Gasteiger partial charge in [0.05, 0.1) is 9.77 Å². The number of urea groups is 1. The highest BCUT2D eigenvalue weighted by molar-refractivity contribution is 7.90. The number of hydrogen-bond donors (Lipinski definition) is 3. The van der Waals surface area contributed by atoms with E-state index < -0.39 is 16.1 Å². The Morgan fingerprint density at radius 1 is 1.04 bits per heavy atom. The third-order valence-electron chi connectivity index (χ3n) is 3.23. The maximum absolute atomic E-state index is 12.0. The van der Waals surface area contributed by atoms with Gasteiger partial charge in [0, 0.05) is 13.1 Å². The molecule has 2 aromatic rings. The third-order valence-corrected chi connectivity index (χ3v) is 5.44. The van der Waals surface area contributed by atoms with Crippen LogP contribution in [0.2, 0.25) is 0 Å². The van der Waals surface area contributed by atoms with Crippen LogP contribution in [0.3, 0.4) is 0 Å². The Labute approximate surface area is 150 Å². The van der Waals surface area contributed by atoms with Crippen LogP contribution >= 0.6 is 11.3 Å². The van der Waals surface area contributed by atoms with E-state index >= 15 is 0 Å². The topological polar surface area (TPSA) is 104 Å². The second kappa shape index (κ2) is 8.63. The van der Waals surface area contributed by atoms with Crippen molar-refractivity contribution in [2.75, 3.05) is 13.1 Å². The average Bonchev–Trinajstić information content (AvgIpc) is 3.09. The van der Waals surface area contributed by atoms with Gasteiger partial charge in [0.15, 0.2) is 0 Å². The van der Waals surface area contributed by atoms with Gasteiger partial charge in [-0.05, 0) is 36.9 Å². The fraction of sp³-hybridized carbons (Fsp3) is 0.250. The van der Waals surface area contributed by atoms with Crippen molar-refractivity contribution < 1.29 is 18.0 Å². The monoisotopic (exact) mass is 381 g/mol. The first kappa shape index (κ1) is 18.9. The normalized spacial score (nSPS) is 10.9. The minimum atomic E-state index is -3.89. The van der Waals surface area contributed by atoms with Crippen LogP contribution < -0.4 is 15.4 Å². The molecule has 0 saturated carbocycles. The van der Waals surface area contributed by atoms with E-state index in [4.69, 9.17) is 0 Å². The van der Waals surface area contributed by atoms with Gasteiger partial charge in [0.25, 0.3) is 15.9 Å². The smallest absolute Gasteiger partial charge is 0.328 e. The Bertz CT molecular complexity index is 816. The molecular formula is C16H19N3O4S2. The van der Waals surface area contributed by atoms with E-state index in [2.05, 4.69) is 10.6 Å². The molecule has 0 aliphatic heterocycles. The maximum atomic E-state index is 12.0. The molecule has 1 heterocycles. The number of rotatable bonds is 7. The van der Waals surface area contributed by atoms with E-state index in [-0.39, 0.29) is 17.3 Å². The summed E-state index contributed by atoms with van der Waals surface area (Å²) < 4.78 is 26.0. The molecule has 7 nitrogen and oxygen atoms in total. The number of sulfonamides is 1. The molecule has 3 amide bonds. The van der Waals surface area contributed by atoms with E-state index in [0.717, 1.165) is 5.56 Å². The lowest BCUT2D eigenvalue weighted by Gasteiger charge is -2.09. The Morgan fingerprint density at radius 3 is 2.36 bits per heavy atom. The summed E-state index contributed by atoms with van der Waals surface area (Å²) in [5, 5.41) is 6.98. The summed E-state index contributed by atoms with van der Waals surface area (Å²) in [6.45, 7) is 2.45. The number of carbonyl (C=O) groups is 2. The first-order chi connectivity index (χ1) is 11.9. The van der Waals surface area contributed by atoms with Gasteiger partial charge < -0.3 is 10.6 Å². The van der Waals surface area contributed by atoms with Crippen molar-refractivity contribution in [3.63, 3.8) is 0 Å². The highest BCUT2D eigenvalue weighted by atomic mass is 32.2. The lowest BCUT2D eigenvalue weighted by molar-refractivity contribution is 0.0957. The predicted molar refractivity (Wildman–Crippen MR) is 96.2 cm³/mol. The molecule has 1 aromatic heterocycles. The number of nitrogens with one attached hydrogen (secondary N) is 3. The van der Waals surface area contributed by atoms with E-state index in [1.54, 1.807) is 24.3 Å². The van der Waals surface area contributed by atoms with Crippen molar-refractivity contribution in [1.82, 2.24) is 15.4 Å². The molecule has 25 heavy (non-hydrogen) atoms. The number of aryl methyl sites for hydroxylation is 1. The second-order valence-electron chi connectivity index (χ2n) is 5.26. The zero-order valence-corrected chi connectivity index (χ0v) is 15.2. The van der Waals surface area contributed by atoms with Crippen molar-refractivity contribution >= 4 is 33.3 Å². The molecule has 3 N–H and O–H groups in total. The number of carbonyl (C=O) groups excluding carboxylic acids is 2. The molecule has 0 radical (unpaired) electrons. The summed E-state index contributed by atoms with van der Waals surface area (Å²) >= 11 is 1.35. The first-order valence-electron chi connectivity index (χ1n) is 7.57. The summed E-state index contributed by atoms with van der Waals surface area (Å²) in [4.78, 5) is 24.0. The van der Waals surface area contributed by atoms with E-state index in [1.165, 1.54) is 23.5 Å². The van der Waals surface area contributed by atoms with Crippen LogP contribution in [0.4, 0.5) is 4.79 Å². The number of benzene rings is 1. The molecule has 0 atom stereocenters. The fourth-order valence-electron chi connectivity index (χ4n) is 1.92. The van der Waals surface area contributed by atoms with Gasteiger partial charge in [-0.15, -0.1) is 11.3 Å². The van der Waals surface area contributed by atoms with Crippen molar-refractivity contribution in [2.24, 2.45) is 0 Å². The van der Waals surface area contributed by atoms with Gasteiger partial charge in [-0.3, -0.25) is 4.79 Å². The standard InChI is InChI=1S/C16H19N3O4S2/c1-12-5-7-13(8-6-12)25(22,23)19-16(21)18-10-3-9-17-15(20)14-4-2-11-24-14/h2,4-8,11H,3,9-10H2,1H3,(H,17,20)(H2,18,19,21). The third kappa shape index (κ3) is 5.87. The van der Waals surface area contributed by atoms with Crippen LogP contribution in [-0.2, 0) is 10.0 Å². The molecule has 0 aliphatic carbocycles. The molecule has 1 aromatic carbocycles. The van der Waals surface area contributed by atoms with E-state index in [1.807, 2.05) is 17.0 Å². The predicted octanol–water partition coefficient (Wildman–Crippen LogP) is 1.86. The highest BCUT2D eigenvalue weighted by Crippen LogP contribution is 2.09. The number of hydrogen-bond acceptors (Lipinski definition) is 5. The summed E-state index contributed by atoms with van der Waals surface area (Å²) in [5.41, 5.74) is 0.924. The molecule has 0 aliphatic rings. The quantitative estimate of drug-likeness (QED) is 0.637. The SMILES string of the molecule is Cc1ccc(S(=O)(=O)NC(=O)NCCCNC(=O)c2cccs2)cc1. The van der Waals surface area contributed by atoms with Gasteiger partial charge in [0.1, 0.15) is 0 Å². The maximum Gasteiger partial charge on any atom is 0.328 e. The second-order valence-corrected chi connectivity index (χ2v) is 7.89. The minimum Gasteiger partial charge on any atom is -0.351 e.